The number of aliphatic hydroxyl groups excluding tert-OH is 1. The van der Waals surface area contributed by atoms with Crippen molar-refractivity contribution >= 4 is 10.1 Å². The molecule has 0 aliphatic heterocycles. The maximum atomic E-state index is 12.3. The predicted molar refractivity (Wildman–Crippen MR) is 109 cm³/mol. The van der Waals surface area contributed by atoms with Gasteiger partial charge in [0.2, 0.25) is 0 Å². The molecule has 2 aromatic rings. The van der Waals surface area contributed by atoms with Gasteiger partial charge in [-0.05, 0) is 61.2 Å². The molecule has 2 N–H and O–H groups in total. The van der Waals surface area contributed by atoms with E-state index in [2.05, 4.69) is 24.3 Å². The number of hydrogen-bond acceptors (Lipinski definition) is 4. The van der Waals surface area contributed by atoms with Crippen molar-refractivity contribution in [1.29, 1.82) is 0 Å². The lowest BCUT2D eigenvalue weighted by Crippen LogP contribution is -2.31. The van der Waals surface area contributed by atoms with Crippen LogP contribution in [0.3, 0.4) is 0 Å². The van der Waals surface area contributed by atoms with Gasteiger partial charge in [-0.15, -0.1) is 0 Å². The summed E-state index contributed by atoms with van der Waals surface area (Å²) in [5.74, 6) is 0.410. The van der Waals surface area contributed by atoms with Crippen molar-refractivity contribution < 1.29 is 18.1 Å². The highest BCUT2D eigenvalue weighted by Gasteiger charge is 2.41. The van der Waals surface area contributed by atoms with E-state index < -0.39 is 21.5 Å². The van der Waals surface area contributed by atoms with Gasteiger partial charge in [-0.2, -0.15) is 8.42 Å². The van der Waals surface area contributed by atoms with Crippen molar-refractivity contribution in [2.24, 2.45) is 0 Å². The molecule has 0 saturated heterocycles. The summed E-state index contributed by atoms with van der Waals surface area (Å²) in [5.41, 5.74) is 5.45. The molecule has 5 nitrogen and oxygen atoms in total. The summed E-state index contributed by atoms with van der Waals surface area (Å²) < 4.78 is 34.7. The van der Waals surface area contributed by atoms with Gasteiger partial charge in [-0.3, -0.25) is 4.55 Å². The van der Waals surface area contributed by atoms with Gasteiger partial charge in [-0.25, -0.2) is 0 Å². The molecule has 2 aromatic carbocycles. The second-order valence-electron chi connectivity index (χ2n) is 8.32. The van der Waals surface area contributed by atoms with Gasteiger partial charge < -0.3 is 10.0 Å². The van der Waals surface area contributed by atoms with Gasteiger partial charge in [0.15, 0.2) is 0 Å². The van der Waals surface area contributed by atoms with Crippen molar-refractivity contribution in [3.8, 4) is 0 Å². The average Bonchev–Trinajstić information content (AvgIpc) is 2.65. The molecule has 0 heterocycles. The first kappa shape index (κ1) is 19.6. The number of likely N-dealkylation sites (N-methyl/N-ethyl adjacent to an activating group) is 1. The fourth-order valence-electron chi connectivity index (χ4n) is 5.15. The molecular weight excluding hydrogens is 374 g/mol. The topological polar surface area (TPSA) is 77.8 Å². The van der Waals surface area contributed by atoms with Crippen LogP contribution < -0.4 is 0 Å². The number of rotatable bonds is 6. The molecule has 0 saturated carbocycles. The van der Waals surface area contributed by atoms with Crippen LogP contribution in [0.15, 0.2) is 42.5 Å². The first-order valence-corrected chi connectivity index (χ1v) is 11.3. The van der Waals surface area contributed by atoms with E-state index in [1.807, 2.05) is 37.2 Å². The van der Waals surface area contributed by atoms with Crippen LogP contribution in [-0.2, 0) is 10.1 Å². The van der Waals surface area contributed by atoms with Crippen molar-refractivity contribution in [2.45, 2.75) is 42.5 Å². The van der Waals surface area contributed by atoms with Gasteiger partial charge in [0.05, 0.1) is 6.10 Å². The van der Waals surface area contributed by atoms with Crippen LogP contribution in [-0.4, -0.2) is 49.7 Å². The van der Waals surface area contributed by atoms with Crippen molar-refractivity contribution in [2.75, 3.05) is 20.6 Å². The Morgan fingerprint density at radius 3 is 2.25 bits per heavy atom. The highest BCUT2D eigenvalue weighted by molar-refractivity contribution is 7.86. The Kier molecular flexibility index (Phi) is 5.08. The molecule has 0 amide bonds. The molecule has 0 aromatic heterocycles. The van der Waals surface area contributed by atoms with Gasteiger partial charge in [0, 0.05) is 18.4 Å². The highest BCUT2D eigenvalue weighted by Crippen LogP contribution is 2.54. The summed E-state index contributed by atoms with van der Waals surface area (Å²) in [7, 11) is -0.704. The smallest absolute Gasteiger partial charge is 0.272 e. The van der Waals surface area contributed by atoms with E-state index in [1.165, 1.54) is 16.7 Å². The SMILES string of the molecule is CN(C)CC(O)CC(c1cccc2c1C1CCC2c2ccccc21)S(=O)(=O)O. The van der Waals surface area contributed by atoms with Crippen LogP contribution in [0.25, 0.3) is 0 Å². The highest BCUT2D eigenvalue weighted by atomic mass is 32.2. The molecule has 5 rings (SSSR count). The standard InChI is InChI=1S/C22H27NO4S/c1-23(2)13-14(24)12-21(28(25,26)27)20-9-5-8-18-17-10-11-19(22(18)20)16-7-4-3-6-15(16)17/h3-9,14,17,19,21,24H,10-13H2,1-2H3,(H,25,26,27). The fourth-order valence-corrected chi connectivity index (χ4v) is 6.15. The maximum Gasteiger partial charge on any atom is 0.272 e. The molecule has 3 aliphatic carbocycles. The van der Waals surface area contributed by atoms with Crippen molar-refractivity contribution in [1.82, 2.24) is 4.90 Å². The fraction of sp³-hybridized carbons (Fsp3) is 0.455. The van der Waals surface area contributed by atoms with E-state index in [9.17, 15) is 18.1 Å². The second-order valence-corrected chi connectivity index (χ2v) is 9.92. The van der Waals surface area contributed by atoms with Crippen LogP contribution in [0, 0.1) is 0 Å². The Morgan fingerprint density at radius 1 is 1.00 bits per heavy atom. The first-order valence-electron chi connectivity index (χ1n) is 9.78. The monoisotopic (exact) mass is 401 g/mol. The zero-order valence-corrected chi connectivity index (χ0v) is 17.1. The van der Waals surface area contributed by atoms with Crippen LogP contribution in [0.4, 0.5) is 0 Å². The third kappa shape index (κ3) is 3.39. The minimum atomic E-state index is -4.36. The minimum Gasteiger partial charge on any atom is -0.392 e. The Morgan fingerprint density at radius 2 is 1.61 bits per heavy atom. The predicted octanol–water partition coefficient (Wildman–Crippen LogP) is 3.30. The molecule has 4 unspecified atom stereocenters. The molecule has 6 heteroatoms. The summed E-state index contributed by atoms with van der Waals surface area (Å²) >= 11 is 0. The molecule has 2 bridgehead atoms. The van der Waals surface area contributed by atoms with Gasteiger partial charge in [-0.1, -0.05) is 42.5 Å². The van der Waals surface area contributed by atoms with Crippen LogP contribution in [0.1, 0.15) is 64.2 Å². The molecule has 150 valence electrons. The summed E-state index contributed by atoms with van der Waals surface area (Å²) in [6.45, 7) is 0.343. The Labute approximate surface area is 166 Å². The molecule has 0 radical (unpaired) electrons. The lowest BCUT2D eigenvalue weighted by molar-refractivity contribution is 0.126. The molecule has 4 atom stereocenters. The van der Waals surface area contributed by atoms with Crippen LogP contribution >= 0.6 is 0 Å². The van der Waals surface area contributed by atoms with E-state index in [0.29, 0.717) is 12.1 Å². The van der Waals surface area contributed by atoms with Gasteiger partial charge in [0.25, 0.3) is 10.1 Å². The van der Waals surface area contributed by atoms with Gasteiger partial charge >= 0.3 is 0 Å². The number of hydrogen-bond donors (Lipinski definition) is 2. The molecule has 28 heavy (non-hydrogen) atoms. The lowest BCUT2D eigenvalue weighted by atomic mass is 9.62. The maximum absolute atomic E-state index is 12.3. The van der Waals surface area contributed by atoms with E-state index in [-0.39, 0.29) is 18.3 Å². The first-order chi connectivity index (χ1) is 13.3. The lowest BCUT2D eigenvalue weighted by Gasteiger charge is -2.42. The molecule has 3 aliphatic rings. The largest absolute Gasteiger partial charge is 0.392 e. The number of aliphatic hydroxyl groups is 1. The zero-order valence-electron chi connectivity index (χ0n) is 16.2. The van der Waals surface area contributed by atoms with E-state index in [1.54, 1.807) is 0 Å². The van der Waals surface area contributed by atoms with E-state index in [4.69, 9.17) is 0 Å². The number of nitrogens with zero attached hydrogens (tertiary/aromatic N) is 1. The van der Waals surface area contributed by atoms with Crippen LogP contribution in [0.5, 0.6) is 0 Å². The van der Waals surface area contributed by atoms with Crippen molar-refractivity contribution in [3.05, 3.63) is 70.3 Å². The summed E-state index contributed by atoms with van der Waals surface area (Å²) in [5, 5.41) is 9.27. The Bertz CT molecular complexity index is 986. The molecule has 0 spiro atoms. The quantitative estimate of drug-likeness (QED) is 0.726. The van der Waals surface area contributed by atoms with E-state index in [0.717, 1.165) is 18.4 Å². The second kappa shape index (κ2) is 7.26. The third-order valence-corrected chi connectivity index (χ3v) is 7.32. The normalized spacial score (nSPS) is 22.6. The zero-order chi connectivity index (χ0) is 20.1. The Balaban J connectivity index is 1.81. The average molecular weight is 402 g/mol. The van der Waals surface area contributed by atoms with Gasteiger partial charge in [0.1, 0.15) is 5.25 Å². The van der Waals surface area contributed by atoms with E-state index >= 15 is 0 Å². The molecular formula is C22H27NO4S. The molecule has 0 fully saturated rings. The summed E-state index contributed by atoms with van der Waals surface area (Å²) in [4.78, 5) is 1.81. The third-order valence-electron chi connectivity index (χ3n) is 6.16. The summed E-state index contributed by atoms with van der Waals surface area (Å²) in [6, 6.07) is 14.2. The summed E-state index contributed by atoms with van der Waals surface area (Å²) in [6.07, 6.45) is 1.17. The minimum absolute atomic E-state index is 0.0213. The van der Waals surface area contributed by atoms with Crippen molar-refractivity contribution in [3.63, 3.8) is 0 Å². The number of benzene rings is 2. The number of fused-ring (bicyclic) bond motifs is 1. The van der Waals surface area contributed by atoms with Crippen LogP contribution in [0.2, 0.25) is 0 Å². The Hall–Kier alpha value is -1.73.